The molecule has 1 aromatic heterocycles. The molecule has 2 nitrogen and oxygen atoms in total. The molecule has 110 valence electrons. The number of nitrogens with zero attached hydrogens (tertiary/aromatic N) is 1. The summed E-state index contributed by atoms with van der Waals surface area (Å²) in [7, 11) is 0. The number of rotatable bonds is 2. The maximum Gasteiger partial charge on any atom is 0.433 e. The summed E-state index contributed by atoms with van der Waals surface area (Å²) in [6, 6.07) is 1.96. The van der Waals surface area contributed by atoms with E-state index in [2.05, 4.69) is 4.98 Å². The largest absolute Gasteiger partial charge is 0.433 e. The minimum atomic E-state index is -4.55. The predicted octanol–water partition coefficient (Wildman–Crippen LogP) is 4.91. The van der Waals surface area contributed by atoms with Crippen molar-refractivity contribution < 1.29 is 18.0 Å². The average Bonchev–Trinajstić information content (AvgIpc) is 2.65. The molecule has 20 heavy (non-hydrogen) atoms. The number of carbonyl (C=O) groups is 1. The molecule has 0 bridgehead atoms. The van der Waals surface area contributed by atoms with Gasteiger partial charge in [-0.1, -0.05) is 37.3 Å². The molecular formula is C14H15ClF3NO. The van der Waals surface area contributed by atoms with E-state index in [1.165, 1.54) is 0 Å². The molecule has 6 heteroatoms. The molecule has 1 aromatic rings. The van der Waals surface area contributed by atoms with Crippen LogP contribution in [-0.4, -0.2) is 10.8 Å². The summed E-state index contributed by atoms with van der Waals surface area (Å²) in [5.74, 6) is -0.327. The van der Waals surface area contributed by atoms with Gasteiger partial charge < -0.3 is 0 Å². The number of Topliss-reactive ketones (excluding diaryl/α,β-unsaturated/α-hetero) is 1. The summed E-state index contributed by atoms with van der Waals surface area (Å²) in [6.45, 7) is 0. The summed E-state index contributed by atoms with van der Waals surface area (Å²) in [6.07, 6.45) is 1.15. The van der Waals surface area contributed by atoms with Crippen LogP contribution in [0.4, 0.5) is 13.2 Å². The Morgan fingerprint density at radius 3 is 2.25 bits per heavy atom. The molecule has 0 aliphatic heterocycles. The minimum Gasteiger partial charge on any atom is -0.294 e. The van der Waals surface area contributed by atoms with Gasteiger partial charge in [0.05, 0.1) is 5.56 Å². The lowest BCUT2D eigenvalue weighted by molar-refractivity contribution is -0.141. The highest BCUT2D eigenvalue weighted by Gasteiger charge is 2.34. The van der Waals surface area contributed by atoms with Crippen LogP contribution in [0.3, 0.4) is 0 Å². The third-order valence-corrected chi connectivity index (χ3v) is 3.92. The number of pyridine rings is 1. The quantitative estimate of drug-likeness (QED) is 0.441. The highest BCUT2D eigenvalue weighted by molar-refractivity contribution is 6.32. The number of hydrogen-bond donors (Lipinski definition) is 0. The molecule has 0 unspecified atom stereocenters. The second kappa shape index (κ2) is 6.12. The Morgan fingerprint density at radius 1 is 1.15 bits per heavy atom. The molecular weight excluding hydrogens is 291 g/mol. The fourth-order valence-electron chi connectivity index (χ4n) is 2.54. The van der Waals surface area contributed by atoms with Crippen LogP contribution in [0.1, 0.15) is 54.6 Å². The highest BCUT2D eigenvalue weighted by Crippen LogP contribution is 2.32. The van der Waals surface area contributed by atoms with E-state index in [0.29, 0.717) is 0 Å². The first-order valence-corrected chi connectivity index (χ1v) is 7.05. The van der Waals surface area contributed by atoms with Crippen molar-refractivity contribution in [2.75, 3.05) is 0 Å². The Kier molecular flexibility index (Phi) is 4.68. The Bertz CT molecular complexity index is 494. The lowest BCUT2D eigenvalue weighted by atomic mass is 9.91. The molecule has 0 spiro atoms. The molecule has 1 aliphatic rings. The van der Waals surface area contributed by atoms with Gasteiger partial charge in [-0.3, -0.25) is 4.79 Å². The predicted molar refractivity (Wildman–Crippen MR) is 69.8 cm³/mol. The van der Waals surface area contributed by atoms with Crippen molar-refractivity contribution in [3.05, 3.63) is 28.5 Å². The van der Waals surface area contributed by atoms with Gasteiger partial charge in [0.2, 0.25) is 0 Å². The molecule has 1 heterocycles. The Hall–Kier alpha value is -1.10. The first-order valence-electron chi connectivity index (χ1n) is 6.67. The average molecular weight is 306 g/mol. The van der Waals surface area contributed by atoms with E-state index in [1.54, 1.807) is 0 Å². The van der Waals surface area contributed by atoms with E-state index in [1.807, 2.05) is 0 Å². The van der Waals surface area contributed by atoms with Crippen molar-refractivity contribution >= 4 is 17.4 Å². The molecule has 0 radical (unpaired) electrons. The second-order valence-corrected chi connectivity index (χ2v) is 5.44. The van der Waals surface area contributed by atoms with Gasteiger partial charge in [-0.05, 0) is 25.0 Å². The van der Waals surface area contributed by atoms with Crippen LogP contribution in [0, 0.1) is 5.92 Å². The fraction of sp³-hybridized carbons (Fsp3) is 0.571. The van der Waals surface area contributed by atoms with Crippen LogP contribution >= 0.6 is 11.6 Å². The van der Waals surface area contributed by atoms with Gasteiger partial charge in [-0.15, -0.1) is 0 Å². The summed E-state index contributed by atoms with van der Waals surface area (Å²) in [4.78, 5) is 15.6. The van der Waals surface area contributed by atoms with E-state index in [4.69, 9.17) is 11.6 Å². The van der Waals surface area contributed by atoms with E-state index in [0.717, 1.165) is 50.7 Å². The highest BCUT2D eigenvalue weighted by atomic mass is 35.5. The first kappa shape index (κ1) is 15.3. The van der Waals surface area contributed by atoms with Gasteiger partial charge in [0.15, 0.2) is 5.78 Å². The maximum atomic E-state index is 12.5. The molecule has 0 aromatic carbocycles. The Morgan fingerprint density at radius 2 is 1.75 bits per heavy atom. The summed E-state index contributed by atoms with van der Waals surface area (Å²) in [5.41, 5.74) is -0.966. The third kappa shape index (κ3) is 3.51. The zero-order chi connectivity index (χ0) is 14.8. The first-order chi connectivity index (χ1) is 9.39. The molecule has 1 aliphatic carbocycles. The number of aromatic nitrogens is 1. The number of hydrogen-bond acceptors (Lipinski definition) is 2. The van der Waals surface area contributed by atoms with Crippen LogP contribution in [0.2, 0.25) is 5.15 Å². The zero-order valence-corrected chi connectivity index (χ0v) is 11.6. The summed E-state index contributed by atoms with van der Waals surface area (Å²) in [5, 5.41) is -0.353. The van der Waals surface area contributed by atoms with E-state index < -0.39 is 11.9 Å². The van der Waals surface area contributed by atoms with E-state index in [-0.39, 0.29) is 22.4 Å². The van der Waals surface area contributed by atoms with Gasteiger partial charge in [0.25, 0.3) is 0 Å². The normalized spacial score (nSPS) is 17.8. The number of ketones is 1. The zero-order valence-electron chi connectivity index (χ0n) is 10.8. The van der Waals surface area contributed by atoms with Crippen LogP contribution < -0.4 is 0 Å². The van der Waals surface area contributed by atoms with Gasteiger partial charge >= 0.3 is 6.18 Å². The van der Waals surface area contributed by atoms with Crippen molar-refractivity contribution in [3.8, 4) is 0 Å². The van der Waals surface area contributed by atoms with Crippen molar-refractivity contribution in [1.29, 1.82) is 0 Å². The van der Waals surface area contributed by atoms with Crippen LogP contribution in [0.15, 0.2) is 12.1 Å². The monoisotopic (exact) mass is 305 g/mol. The smallest absolute Gasteiger partial charge is 0.294 e. The van der Waals surface area contributed by atoms with Crippen LogP contribution in [0.25, 0.3) is 0 Å². The molecule has 0 atom stereocenters. The van der Waals surface area contributed by atoms with Gasteiger partial charge in [-0.25, -0.2) is 4.98 Å². The van der Waals surface area contributed by atoms with Crippen molar-refractivity contribution in [2.24, 2.45) is 5.92 Å². The minimum absolute atomic E-state index is 0.103. The van der Waals surface area contributed by atoms with Crippen molar-refractivity contribution in [3.63, 3.8) is 0 Å². The maximum absolute atomic E-state index is 12.5. The topological polar surface area (TPSA) is 30.0 Å². The Balaban J connectivity index is 2.22. The molecule has 0 amide bonds. The van der Waals surface area contributed by atoms with Crippen molar-refractivity contribution in [2.45, 2.75) is 44.7 Å². The van der Waals surface area contributed by atoms with Crippen LogP contribution in [0.5, 0.6) is 0 Å². The summed E-state index contributed by atoms with van der Waals surface area (Å²) >= 11 is 5.76. The number of alkyl halides is 3. The lowest BCUT2D eigenvalue weighted by Crippen LogP contribution is -2.16. The van der Waals surface area contributed by atoms with E-state index >= 15 is 0 Å². The SMILES string of the molecule is O=C(c1ccc(C(F)(F)F)nc1Cl)C1CCCCCC1. The molecule has 1 fully saturated rings. The van der Waals surface area contributed by atoms with Gasteiger partial charge in [0.1, 0.15) is 10.8 Å². The van der Waals surface area contributed by atoms with Gasteiger partial charge in [-0.2, -0.15) is 13.2 Å². The molecule has 0 saturated heterocycles. The number of halogens is 4. The summed E-state index contributed by atoms with van der Waals surface area (Å²) < 4.78 is 37.5. The fourth-order valence-corrected chi connectivity index (χ4v) is 2.78. The van der Waals surface area contributed by atoms with E-state index in [9.17, 15) is 18.0 Å². The molecule has 0 N–H and O–H groups in total. The third-order valence-electron chi connectivity index (χ3n) is 3.63. The Labute approximate surface area is 120 Å². The number of carbonyl (C=O) groups excluding carboxylic acids is 1. The van der Waals surface area contributed by atoms with Gasteiger partial charge in [0, 0.05) is 5.92 Å². The lowest BCUT2D eigenvalue weighted by Gasteiger charge is -2.14. The second-order valence-electron chi connectivity index (χ2n) is 5.09. The molecule has 2 rings (SSSR count). The van der Waals surface area contributed by atoms with Crippen molar-refractivity contribution in [1.82, 2.24) is 4.98 Å². The standard InChI is InChI=1S/C14H15ClF3NO/c15-13-10(7-8-11(19-13)14(16,17)18)12(20)9-5-3-1-2-4-6-9/h7-9H,1-6H2. The van der Waals surface area contributed by atoms with Crippen LogP contribution in [-0.2, 0) is 6.18 Å². The molecule has 1 saturated carbocycles.